The fourth-order valence-corrected chi connectivity index (χ4v) is 1.96. The molecule has 0 spiro atoms. The second kappa shape index (κ2) is 5.05. The van der Waals surface area contributed by atoms with Crippen LogP contribution in [0.4, 0.5) is 0 Å². The molecule has 0 unspecified atom stereocenters. The first kappa shape index (κ1) is 12.4. The van der Waals surface area contributed by atoms with E-state index in [0.717, 1.165) is 23.1 Å². The van der Waals surface area contributed by atoms with Crippen molar-refractivity contribution in [1.29, 1.82) is 0 Å². The molecule has 0 aliphatic rings. The molecule has 0 amide bonds. The molecule has 0 aliphatic heterocycles. The fourth-order valence-electron chi connectivity index (χ4n) is 1.96. The second-order valence-corrected chi connectivity index (χ2v) is 4.39. The SMILES string of the molecule is CCc1ccc(-c2ccc(C)c(C(=O)O)c2)cc1. The van der Waals surface area contributed by atoms with Crippen molar-refractivity contribution >= 4 is 5.97 Å². The third kappa shape index (κ3) is 2.43. The first-order valence-electron chi connectivity index (χ1n) is 6.05. The molecule has 92 valence electrons. The zero-order chi connectivity index (χ0) is 13.1. The quantitative estimate of drug-likeness (QED) is 0.882. The Balaban J connectivity index is 2.44. The Bertz CT molecular complexity index is 568. The van der Waals surface area contributed by atoms with Crippen molar-refractivity contribution in [3.63, 3.8) is 0 Å². The summed E-state index contributed by atoms with van der Waals surface area (Å²) in [6.07, 6.45) is 1.01. The molecule has 2 heteroatoms. The van der Waals surface area contributed by atoms with E-state index in [0.29, 0.717) is 5.56 Å². The van der Waals surface area contributed by atoms with E-state index in [2.05, 4.69) is 19.1 Å². The third-order valence-corrected chi connectivity index (χ3v) is 3.16. The van der Waals surface area contributed by atoms with Crippen molar-refractivity contribution in [3.8, 4) is 11.1 Å². The predicted octanol–water partition coefficient (Wildman–Crippen LogP) is 3.92. The van der Waals surface area contributed by atoms with Crippen LogP contribution in [0.15, 0.2) is 42.5 Å². The zero-order valence-corrected chi connectivity index (χ0v) is 10.6. The van der Waals surface area contributed by atoms with Crippen LogP contribution in [0.2, 0.25) is 0 Å². The Morgan fingerprint density at radius 2 is 1.67 bits per heavy atom. The van der Waals surface area contributed by atoms with Gasteiger partial charge < -0.3 is 5.11 Å². The molecule has 2 aromatic carbocycles. The summed E-state index contributed by atoms with van der Waals surface area (Å²) < 4.78 is 0. The van der Waals surface area contributed by atoms with Crippen LogP contribution in [0, 0.1) is 6.92 Å². The van der Waals surface area contributed by atoms with Crippen LogP contribution in [0.25, 0.3) is 11.1 Å². The first-order valence-corrected chi connectivity index (χ1v) is 6.05. The van der Waals surface area contributed by atoms with E-state index in [1.165, 1.54) is 5.56 Å². The standard InChI is InChI=1S/C16H16O2/c1-3-12-5-8-13(9-6-12)14-7-4-11(2)15(10-14)16(17)18/h4-10H,3H2,1-2H3,(H,17,18). The van der Waals surface area contributed by atoms with E-state index in [-0.39, 0.29) is 0 Å². The number of carbonyl (C=O) groups is 1. The number of carboxylic acid groups (broad SMARTS) is 1. The minimum absolute atomic E-state index is 0.368. The maximum absolute atomic E-state index is 11.1. The number of hydrogen-bond donors (Lipinski definition) is 1. The number of aryl methyl sites for hydroxylation is 2. The van der Waals surface area contributed by atoms with Gasteiger partial charge in [-0.3, -0.25) is 0 Å². The molecule has 0 saturated heterocycles. The summed E-state index contributed by atoms with van der Waals surface area (Å²) in [5.74, 6) is -0.875. The maximum Gasteiger partial charge on any atom is 0.335 e. The van der Waals surface area contributed by atoms with E-state index in [9.17, 15) is 4.79 Å². The zero-order valence-electron chi connectivity index (χ0n) is 10.6. The van der Waals surface area contributed by atoms with Crippen LogP contribution >= 0.6 is 0 Å². The smallest absolute Gasteiger partial charge is 0.335 e. The predicted molar refractivity (Wildman–Crippen MR) is 73.0 cm³/mol. The molecule has 0 atom stereocenters. The maximum atomic E-state index is 11.1. The molecule has 0 heterocycles. The number of hydrogen-bond acceptors (Lipinski definition) is 1. The van der Waals surface area contributed by atoms with Gasteiger partial charge in [-0.25, -0.2) is 4.79 Å². The van der Waals surface area contributed by atoms with Crippen LogP contribution in [0.3, 0.4) is 0 Å². The number of benzene rings is 2. The van der Waals surface area contributed by atoms with Gasteiger partial charge in [0.15, 0.2) is 0 Å². The average Bonchev–Trinajstić information content (AvgIpc) is 2.39. The molecule has 0 radical (unpaired) electrons. The number of aromatic carboxylic acids is 1. The fraction of sp³-hybridized carbons (Fsp3) is 0.188. The van der Waals surface area contributed by atoms with Crippen LogP contribution in [0.1, 0.15) is 28.4 Å². The lowest BCUT2D eigenvalue weighted by atomic mass is 9.98. The molecule has 2 aromatic rings. The number of rotatable bonds is 3. The van der Waals surface area contributed by atoms with Gasteiger partial charge in [0.2, 0.25) is 0 Å². The normalized spacial score (nSPS) is 10.3. The minimum atomic E-state index is -0.875. The lowest BCUT2D eigenvalue weighted by Crippen LogP contribution is -1.99. The van der Waals surface area contributed by atoms with Crippen molar-refractivity contribution in [1.82, 2.24) is 0 Å². The second-order valence-electron chi connectivity index (χ2n) is 4.39. The van der Waals surface area contributed by atoms with Gasteiger partial charge >= 0.3 is 5.97 Å². The summed E-state index contributed by atoms with van der Waals surface area (Å²) in [6.45, 7) is 3.93. The summed E-state index contributed by atoms with van der Waals surface area (Å²) in [6, 6.07) is 13.8. The van der Waals surface area contributed by atoms with Crippen LogP contribution < -0.4 is 0 Å². The van der Waals surface area contributed by atoms with E-state index < -0.39 is 5.97 Å². The molecule has 0 saturated carbocycles. The highest BCUT2D eigenvalue weighted by molar-refractivity contribution is 5.91. The highest BCUT2D eigenvalue weighted by Crippen LogP contribution is 2.23. The molecule has 0 fully saturated rings. The van der Waals surface area contributed by atoms with Crippen molar-refractivity contribution < 1.29 is 9.90 Å². The van der Waals surface area contributed by atoms with Gasteiger partial charge in [-0.2, -0.15) is 0 Å². The van der Waals surface area contributed by atoms with Crippen molar-refractivity contribution in [2.75, 3.05) is 0 Å². The van der Waals surface area contributed by atoms with Crippen molar-refractivity contribution in [2.24, 2.45) is 0 Å². The highest BCUT2D eigenvalue weighted by atomic mass is 16.4. The van der Waals surface area contributed by atoms with E-state index in [1.54, 1.807) is 6.07 Å². The Kier molecular flexibility index (Phi) is 3.47. The van der Waals surface area contributed by atoms with Gasteiger partial charge in [0.25, 0.3) is 0 Å². The molecule has 0 aromatic heterocycles. The summed E-state index contributed by atoms with van der Waals surface area (Å²) in [7, 11) is 0. The van der Waals surface area contributed by atoms with Gasteiger partial charge in [0.05, 0.1) is 5.56 Å². The monoisotopic (exact) mass is 240 g/mol. The lowest BCUT2D eigenvalue weighted by molar-refractivity contribution is 0.0696. The molecule has 0 bridgehead atoms. The average molecular weight is 240 g/mol. The molecule has 2 nitrogen and oxygen atoms in total. The molecular formula is C16H16O2. The minimum Gasteiger partial charge on any atom is -0.478 e. The molecule has 2 rings (SSSR count). The van der Waals surface area contributed by atoms with Crippen LogP contribution in [-0.4, -0.2) is 11.1 Å². The number of carboxylic acids is 1. The molecular weight excluding hydrogens is 224 g/mol. The summed E-state index contributed by atoms with van der Waals surface area (Å²) in [5, 5.41) is 9.12. The van der Waals surface area contributed by atoms with Crippen molar-refractivity contribution in [3.05, 3.63) is 59.2 Å². The Morgan fingerprint density at radius 3 is 2.22 bits per heavy atom. The molecule has 1 N–H and O–H groups in total. The highest BCUT2D eigenvalue weighted by Gasteiger charge is 2.08. The Labute approximate surface area is 107 Å². The summed E-state index contributed by atoms with van der Waals surface area (Å²) in [4.78, 5) is 11.1. The third-order valence-electron chi connectivity index (χ3n) is 3.16. The largest absolute Gasteiger partial charge is 0.478 e. The molecule has 0 aliphatic carbocycles. The van der Waals surface area contributed by atoms with Gasteiger partial charge in [-0.1, -0.05) is 43.3 Å². The van der Waals surface area contributed by atoms with E-state index >= 15 is 0 Å². The van der Waals surface area contributed by atoms with Gasteiger partial charge in [-0.15, -0.1) is 0 Å². The van der Waals surface area contributed by atoms with Crippen LogP contribution in [0.5, 0.6) is 0 Å². The molecule has 18 heavy (non-hydrogen) atoms. The summed E-state index contributed by atoms with van der Waals surface area (Å²) >= 11 is 0. The van der Waals surface area contributed by atoms with E-state index in [4.69, 9.17) is 5.11 Å². The Hall–Kier alpha value is -2.09. The lowest BCUT2D eigenvalue weighted by Gasteiger charge is -2.06. The van der Waals surface area contributed by atoms with E-state index in [1.807, 2.05) is 31.2 Å². The topological polar surface area (TPSA) is 37.3 Å². The van der Waals surface area contributed by atoms with Crippen molar-refractivity contribution in [2.45, 2.75) is 20.3 Å². The van der Waals surface area contributed by atoms with Crippen LogP contribution in [-0.2, 0) is 6.42 Å². The van der Waals surface area contributed by atoms with Gasteiger partial charge in [0, 0.05) is 0 Å². The van der Waals surface area contributed by atoms with Gasteiger partial charge in [0.1, 0.15) is 0 Å². The summed E-state index contributed by atoms with van der Waals surface area (Å²) in [5.41, 5.74) is 4.43. The van der Waals surface area contributed by atoms with Gasteiger partial charge in [-0.05, 0) is 41.7 Å². The Morgan fingerprint density at radius 1 is 1.06 bits per heavy atom. The first-order chi connectivity index (χ1) is 8.61.